The van der Waals surface area contributed by atoms with Gasteiger partial charge in [0.25, 0.3) is 0 Å². The Morgan fingerprint density at radius 2 is 1.69 bits per heavy atom. The maximum atomic E-state index is 13.9. The fourth-order valence-corrected chi connectivity index (χ4v) is 1.93. The highest BCUT2D eigenvalue weighted by molar-refractivity contribution is 6.15. The summed E-state index contributed by atoms with van der Waals surface area (Å²) < 4.78 is 57.9. The Labute approximate surface area is 146 Å². The first-order chi connectivity index (χ1) is 12.3. The molecule has 0 unspecified atom stereocenters. The molecule has 4 nitrogen and oxygen atoms in total. The third kappa shape index (κ3) is 4.47. The fraction of sp³-hybridized carbons (Fsp3) is 0.111. The van der Waals surface area contributed by atoms with Crippen LogP contribution >= 0.6 is 0 Å². The minimum atomic E-state index is -1.45. The maximum absolute atomic E-state index is 13.9. The van der Waals surface area contributed by atoms with Gasteiger partial charge in [-0.15, -0.1) is 0 Å². The number of aliphatic hydroxyl groups is 1. The van der Waals surface area contributed by atoms with Gasteiger partial charge >= 0.3 is 5.97 Å². The number of halogens is 4. The van der Waals surface area contributed by atoms with Crippen LogP contribution in [0.15, 0.2) is 47.0 Å². The van der Waals surface area contributed by atoms with Gasteiger partial charge in [0, 0.05) is 12.3 Å². The number of esters is 1. The number of rotatable bonds is 5. The van der Waals surface area contributed by atoms with Gasteiger partial charge in [-0.2, -0.15) is 0 Å². The molecule has 0 saturated carbocycles. The molecular formula is C18H13F4NO3. The fourth-order valence-electron chi connectivity index (χ4n) is 1.93. The van der Waals surface area contributed by atoms with Gasteiger partial charge < -0.3 is 9.84 Å². The molecule has 0 amide bonds. The van der Waals surface area contributed by atoms with E-state index in [0.29, 0.717) is 6.07 Å². The predicted molar refractivity (Wildman–Crippen MR) is 87.0 cm³/mol. The third-order valence-corrected chi connectivity index (χ3v) is 3.18. The molecule has 26 heavy (non-hydrogen) atoms. The van der Waals surface area contributed by atoms with E-state index in [2.05, 4.69) is 4.99 Å². The van der Waals surface area contributed by atoms with Crippen LogP contribution in [-0.4, -0.2) is 23.9 Å². The highest BCUT2D eigenvalue weighted by atomic mass is 19.2. The van der Waals surface area contributed by atoms with Gasteiger partial charge in [-0.1, -0.05) is 0 Å². The molecular weight excluding hydrogens is 354 g/mol. The predicted octanol–water partition coefficient (Wildman–Crippen LogP) is 4.48. The van der Waals surface area contributed by atoms with Gasteiger partial charge in [0.05, 0.1) is 17.9 Å². The van der Waals surface area contributed by atoms with Crippen LogP contribution in [0.1, 0.15) is 12.5 Å². The van der Waals surface area contributed by atoms with Gasteiger partial charge in [0.2, 0.25) is 0 Å². The molecule has 0 bridgehead atoms. The zero-order valence-electron chi connectivity index (χ0n) is 13.5. The van der Waals surface area contributed by atoms with Crippen LogP contribution < -0.4 is 0 Å². The number of aliphatic hydroxyl groups excluding tert-OH is 1. The molecule has 0 fully saturated rings. The average Bonchev–Trinajstić information content (AvgIpc) is 2.60. The number of hydrogen-bond acceptors (Lipinski definition) is 4. The first-order valence-corrected chi connectivity index (χ1v) is 7.38. The molecule has 1 N–H and O–H groups in total. The van der Waals surface area contributed by atoms with Gasteiger partial charge in [-0.3, -0.25) is 4.99 Å². The molecule has 8 heteroatoms. The van der Waals surface area contributed by atoms with E-state index in [4.69, 9.17) is 4.74 Å². The zero-order chi connectivity index (χ0) is 19.3. The van der Waals surface area contributed by atoms with Gasteiger partial charge in [-0.25, -0.2) is 22.4 Å². The molecule has 2 aromatic carbocycles. The van der Waals surface area contributed by atoms with E-state index >= 15 is 0 Å². The quantitative estimate of drug-likeness (QED) is 0.212. The Hall–Kier alpha value is -3.16. The van der Waals surface area contributed by atoms with Gasteiger partial charge in [0.15, 0.2) is 11.6 Å². The monoisotopic (exact) mass is 367 g/mol. The summed E-state index contributed by atoms with van der Waals surface area (Å²) in [4.78, 5) is 15.9. The molecule has 2 aromatic rings. The van der Waals surface area contributed by atoms with Gasteiger partial charge in [-0.05, 0) is 37.3 Å². The van der Waals surface area contributed by atoms with Crippen molar-refractivity contribution in [1.82, 2.24) is 0 Å². The minimum Gasteiger partial charge on any atom is -0.506 e. The van der Waals surface area contributed by atoms with Crippen LogP contribution in [0.3, 0.4) is 0 Å². The van der Waals surface area contributed by atoms with Crippen molar-refractivity contribution in [3.63, 3.8) is 0 Å². The Bertz CT molecular complexity index is 877. The molecule has 0 aromatic heterocycles. The lowest BCUT2D eigenvalue weighted by Crippen LogP contribution is -2.12. The zero-order valence-corrected chi connectivity index (χ0v) is 13.5. The van der Waals surface area contributed by atoms with Crippen molar-refractivity contribution in [2.75, 3.05) is 6.61 Å². The molecule has 0 aliphatic heterocycles. The average molecular weight is 367 g/mol. The van der Waals surface area contributed by atoms with Crippen molar-refractivity contribution in [2.24, 2.45) is 4.99 Å². The third-order valence-electron chi connectivity index (χ3n) is 3.18. The standard InChI is InChI=1S/C18H13F4NO3/c1-2-26-18(25)13(9-23-11-5-3-10(19)4-6-11)17(24)12-7-15(21)16(22)8-14(12)20/h3-9,24H,2H2,1H3/b17-13-,23-9?. The smallest absolute Gasteiger partial charge is 0.343 e. The lowest BCUT2D eigenvalue weighted by Gasteiger charge is -2.08. The van der Waals surface area contributed by atoms with Crippen molar-refractivity contribution in [1.29, 1.82) is 0 Å². The van der Waals surface area contributed by atoms with Crippen molar-refractivity contribution < 1.29 is 32.2 Å². The van der Waals surface area contributed by atoms with E-state index in [0.717, 1.165) is 18.3 Å². The Morgan fingerprint density at radius 1 is 1.08 bits per heavy atom. The molecule has 136 valence electrons. The summed E-state index contributed by atoms with van der Waals surface area (Å²) in [6.45, 7) is 1.45. The number of ether oxygens (including phenoxy) is 1. The molecule has 0 heterocycles. The number of benzene rings is 2. The number of aliphatic imine (C=N–C) groups is 1. The van der Waals surface area contributed by atoms with Crippen LogP contribution in [0.4, 0.5) is 23.2 Å². The van der Waals surface area contributed by atoms with Crippen LogP contribution in [0.5, 0.6) is 0 Å². The van der Waals surface area contributed by atoms with E-state index in [9.17, 15) is 27.5 Å². The molecule has 0 aliphatic rings. The van der Waals surface area contributed by atoms with Crippen molar-refractivity contribution in [3.05, 3.63) is 70.8 Å². The first kappa shape index (κ1) is 19.2. The van der Waals surface area contributed by atoms with Crippen LogP contribution in [0.2, 0.25) is 0 Å². The van der Waals surface area contributed by atoms with E-state index in [-0.39, 0.29) is 18.4 Å². The summed E-state index contributed by atoms with van der Waals surface area (Å²) in [5, 5.41) is 10.2. The van der Waals surface area contributed by atoms with Gasteiger partial charge in [0.1, 0.15) is 23.0 Å². The summed E-state index contributed by atoms with van der Waals surface area (Å²) in [5.41, 5.74) is -1.09. The molecule has 0 atom stereocenters. The summed E-state index contributed by atoms with van der Waals surface area (Å²) in [6, 6.07) is 5.48. The SMILES string of the molecule is CCOC(=O)/C(C=Nc1ccc(F)cc1)=C(\O)c1cc(F)c(F)cc1F. The summed E-state index contributed by atoms with van der Waals surface area (Å²) in [6.07, 6.45) is 0.862. The summed E-state index contributed by atoms with van der Waals surface area (Å²) >= 11 is 0. The highest BCUT2D eigenvalue weighted by Crippen LogP contribution is 2.23. The molecule has 0 spiro atoms. The second kappa shape index (κ2) is 8.28. The molecule has 0 radical (unpaired) electrons. The van der Waals surface area contributed by atoms with E-state index in [1.807, 2.05) is 0 Å². The number of carbonyl (C=O) groups is 1. The van der Waals surface area contributed by atoms with Crippen molar-refractivity contribution in [2.45, 2.75) is 6.92 Å². The summed E-state index contributed by atoms with van der Waals surface area (Å²) in [5.74, 6) is -6.68. The minimum absolute atomic E-state index is 0.0553. The molecule has 0 saturated heterocycles. The van der Waals surface area contributed by atoms with E-state index < -0.39 is 46.1 Å². The second-order valence-corrected chi connectivity index (χ2v) is 4.96. The lowest BCUT2D eigenvalue weighted by atomic mass is 10.1. The highest BCUT2D eigenvalue weighted by Gasteiger charge is 2.21. The number of carbonyl (C=O) groups excluding carboxylic acids is 1. The summed E-state index contributed by atoms with van der Waals surface area (Å²) in [7, 11) is 0. The topological polar surface area (TPSA) is 58.9 Å². The van der Waals surface area contributed by atoms with Crippen molar-refractivity contribution >= 4 is 23.6 Å². The second-order valence-electron chi connectivity index (χ2n) is 4.96. The van der Waals surface area contributed by atoms with Crippen LogP contribution in [0, 0.1) is 23.3 Å². The van der Waals surface area contributed by atoms with E-state index in [1.54, 1.807) is 0 Å². The number of nitrogens with zero attached hydrogens (tertiary/aromatic N) is 1. The Morgan fingerprint density at radius 3 is 2.31 bits per heavy atom. The van der Waals surface area contributed by atoms with Crippen molar-refractivity contribution in [3.8, 4) is 0 Å². The first-order valence-electron chi connectivity index (χ1n) is 7.38. The molecule has 2 rings (SSSR count). The molecule has 0 aliphatic carbocycles. The largest absolute Gasteiger partial charge is 0.506 e. The lowest BCUT2D eigenvalue weighted by molar-refractivity contribution is -0.137. The number of hydrogen-bond donors (Lipinski definition) is 1. The Kier molecular flexibility index (Phi) is 6.11. The Balaban J connectivity index is 2.52. The van der Waals surface area contributed by atoms with Crippen LogP contribution in [-0.2, 0) is 9.53 Å². The maximum Gasteiger partial charge on any atom is 0.343 e. The normalized spacial score (nSPS) is 12.2. The van der Waals surface area contributed by atoms with Crippen LogP contribution in [0.25, 0.3) is 5.76 Å². The van der Waals surface area contributed by atoms with E-state index in [1.165, 1.54) is 19.1 Å².